The number of benzene rings is 1. The monoisotopic (exact) mass is 465 g/mol. The van der Waals surface area contributed by atoms with Crippen LogP contribution in [0.5, 0.6) is 11.5 Å². The van der Waals surface area contributed by atoms with E-state index in [4.69, 9.17) is 4.74 Å². The number of phenols is 1. The number of hydrogen-bond acceptors (Lipinski definition) is 5. The highest BCUT2D eigenvalue weighted by Crippen LogP contribution is 2.77. The molecular weight excluding hydrogens is 426 g/mol. The van der Waals surface area contributed by atoms with Crippen molar-refractivity contribution in [2.45, 2.75) is 83.0 Å². The summed E-state index contributed by atoms with van der Waals surface area (Å²) < 4.78 is 6.81. The molecule has 2 saturated carbocycles. The van der Waals surface area contributed by atoms with Gasteiger partial charge in [-0.15, -0.1) is 0 Å². The molecule has 3 fully saturated rings. The van der Waals surface area contributed by atoms with E-state index in [-0.39, 0.29) is 40.6 Å². The second-order valence-electron chi connectivity index (χ2n) is 13.6. The van der Waals surface area contributed by atoms with Gasteiger partial charge in [-0.2, -0.15) is 0 Å². The first-order valence-corrected chi connectivity index (χ1v) is 13.3. The topological polar surface area (TPSA) is 73.2 Å². The van der Waals surface area contributed by atoms with Crippen LogP contribution >= 0.6 is 0 Å². The lowest BCUT2D eigenvalue weighted by atomic mass is 9.33. The lowest BCUT2D eigenvalue weighted by Crippen LogP contribution is -2.79. The number of hydrogen-bond donors (Lipinski definition) is 3. The van der Waals surface area contributed by atoms with Crippen LogP contribution < -0.4 is 4.74 Å². The molecular formula is C29H39NO4. The van der Waals surface area contributed by atoms with Crippen LogP contribution in [0, 0.1) is 28.1 Å². The summed E-state index contributed by atoms with van der Waals surface area (Å²) in [5.41, 5.74) is 0.0307. The van der Waals surface area contributed by atoms with E-state index in [2.05, 4.69) is 43.9 Å². The van der Waals surface area contributed by atoms with Crippen LogP contribution in [0.15, 0.2) is 24.3 Å². The summed E-state index contributed by atoms with van der Waals surface area (Å²) in [7, 11) is 0. The second-order valence-corrected chi connectivity index (χ2v) is 13.6. The summed E-state index contributed by atoms with van der Waals surface area (Å²) in [5, 5.41) is 34.1. The number of ether oxygens (including phenoxy) is 1. The fourth-order valence-electron chi connectivity index (χ4n) is 9.10. The summed E-state index contributed by atoms with van der Waals surface area (Å²) >= 11 is 0. The van der Waals surface area contributed by atoms with Crippen molar-refractivity contribution in [3.8, 4) is 11.5 Å². The molecule has 34 heavy (non-hydrogen) atoms. The Bertz CT molecular complexity index is 1100. The molecule has 7 aliphatic rings. The molecule has 3 N–H and O–H groups in total. The molecule has 2 heterocycles. The molecule has 8 rings (SSSR count). The van der Waals surface area contributed by atoms with E-state index >= 15 is 0 Å². The van der Waals surface area contributed by atoms with Crippen LogP contribution in [-0.2, 0) is 11.8 Å². The van der Waals surface area contributed by atoms with Gasteiger partial charge in [0.15, 0.2) is 11.5 Å². The normalized spacial score (nSPS) is 43.4. The van der Waals surface area contributed by atoms with Crippen LogP contribution in [0.3, 0.4) is 0 Å². The van der Waals surface area contributed by atoms with Crippen molar-refractivity contribution < 1.29 is 20.1 Å². The third-order valence-corrected chi connectivity index (χ3v) is 11.5. The molecule has 1 saturated heterocycles. The molecule has 4 unspecified atom stereocenters. The van der Waals surface area contributed by atoms with E-state index in [0.717, 1.165) is 38.3 Å². The first-order chi connectivity index (χ1) is 16.0. The largest absolute Gasteiger partial charge is 0.504 e. The quantitative estimate of drug-likeness (QED) is 0.590. The van der Waals surface area contributed by atoms with Crippen molar-refractivity contribution in [3.05, 3.63) is 35.4 Å². The second kappa shape index (κ2) is 6.22. The number of rotatable bonds is 4. The Kier molecular flexibility index (Phi) is 3.97. The van der Waals surface area contributed by atoms with Crippen molar-refractivity contribution in [1.82, 2.24) is 4.90 Å². The molecule has 4 bridgehead atoms. The fraction of sp³-hybridized carbons (Fsp3) is 0.724. The molecule has 5 nitrogen and oxygen atoms in total. The molecule has 2 aliphatic heterocycles. The summed E-state index contributed by atoms with van der Waals surface area (Å²) in [4.78, 5) is 2.75. The lowest BCUT2D eigenvalue weighted by molar-refractivity contribution is -0.238. The third-order valence-electron chi connectivity index (χ3n) is 11.5. The molecule has 1 aromatic carbocycles. The maximum atomic E-state index is 12.1. The van der Waals surface area contributed by atoms with E-state index < -0.39 is 11.0 Å². The maximum absolute atomic E-state index is 12.1. The first-order valence-electron chi connectivity index (χ1n) is 13.3. The van der Waals surface area contributed by atoms with E-state index in [1.807, 2.05) is 6.92 Å². The zero-order valence-corrected chi connectivity index (χ0v) is 21.0. The zero-order valence-electron chi connectivity index (χ0n) is 21.0. The van der Waals surface area contributed by atoms with Gasteiger partial charge in [-0.25, -0.2) is 0 Å². The Morgan fingerprint density at radius 3 is 2.59 bits per heavy atom. The third kappa shape index (κ3) is 2.20. The van der Waals surface area contributed by atoms with Gasteiger partial charge in [0.2, 0.25) is 0 Å². The fourth-order valence-corrected chi connectivity index (χ4v) is 9.10. The summed E-state index contributed by atoms with van der Waals surface area (Å²) in [5.74, 6) is 1.52. The molecule has 2 spiro atoms. The maximum Gasteiger partial charge on any atom is 0.165 e. The van der Waals surface area contributed by atoms with E-state index in [1.165, 1.54) is 24.0 Å². The number of aromatic hydroxyl groups is 1. The predicted octanol–water partition coefficient (Wildman–Crippen LogP) is 3.78. The number of nitrogens with zero attached hydrogens (tertiary/aromatic N) is 1. The average molecular weight is 466 g/mol. The van der Waals surface area contributed by atoms with Crippen molar-refractivity contribution >= 4 is 0 Å². The van der Waals surface area contributed by atoms with Gasteiger partial charge in [0.1, 0.15) is 6.10 Å². The minimum atomic E-state index is -0.995. The smallest absolute Gasteiger partial charge is 0.165 e. The number of aliphatic hydroxyl groups excluding tert-OH is 1. The molecule has 1 aromatic rings. The highest BCUT2D eigenvalue weighted by Gasteiger charge is 2.80. The number of phenolic OH excluding ortho intramolecular Hbond substituents is 1. The molecule has 184 valence electrons. The molecule has 0 radical (unpaired) electrons. The van der Waals surface area contributed by atoms with Crippen LogP contribution in [-0.4, -0.2) is 57.7 Å². The highest BCUT2D eigenvalue weighted by molar-refractivity contribution is 5.64. The molecule has 5 aliphatic carbocycles. The van der Waals surface area contributed by atoms with Gasteiger partial charge >= 0.3 is 0 Å². The average Bonchev–Trinajstić information content (AvgIpc) is 3.53. The van der Waals surface area contributed by atoms with Crippen molar-refractivity contribution in [2.75, 3.05) is 19.7 Å². The predicted molar refractivity (Wildman–Crippen MR) is 130 cm³/mol. The Morgan fingerprint density at radius 2 is 1.91 bits per heavy atom. The zero-order chi connectivity index (χ0) is 23.9. The van der Waals surface area contributed by atoms with Crippen LogP contribution in [0.25, 0.3) is 0 Å². The van der Waals surface area contributed by atoms with Gasteiger partial charge in [0.05, 0.1) is 17.6 Å². The van der Waals surface area contributed by atoms with Gasteiger partial charge in [0, 0.05) is 34.9 Å². The Morgan fingerprint density at radius 1 is 1.15 bits per heavy atom. The Hall–Kier alpha value is -1.56. The minimum absolute atomic E-state index is 0.0660. The van der Waals surface area contributed by atoms with E-state index in [9.17, 15) is 15.3 Å². The summed E-state index contributed by atoms with van der Waals surface area (Å²) in [6, 6.07) is 4.26. The van der Waals surface area contributed by atoms with Gasteiger partial charge in [-0.05, 0) is 68.5 Å². The number of fused-ring (bicyclic) bond motifs is 1. The van der Waals surface area contributed by atoms with Crippen LogP contribution in [0.4, 0.5) is 0 Å². The van der Waals surface area contributed by atoms with E-state index in [0.29, 0.717) is 11.8 Å². The van der Waals surface area contributed by atoms with E-state index in [1.54, 1.807) is 6.07 Å². The van der Waals surface area contributed by atoms with Crippen molar-refractivity contribution in [1.29, 1.82) is 0 Å². The van der Waals surface area contributed by atoms with Gasteiger partial charge < -0.3 is 20.1 Å². The summed E-state index contributed by atoms with van der Waals surface area (Å²) in [6.07, 6.45) is 9.83. The number of aliphatic hydroxyl groups is 2. The first kappa shape index (κ1) is 21.7. The highest BCUT2D eigenvalue weighted by atomic mass is 16.5. The summed E-state index contributed by atoms with van der Waals surface area (Å²) in [6.45, 7) is 10.4. The Balaban J connectivity index is 1.49. The van der Waals surface area contributed by atoms with Gasteiger partial charge in [-0.1, -0.05) is 39.0 Å². The van der Waals surface area contributed by atoms with Crippen LogP contribution in [0.2, 0.25) is 0 Å². The molecule has 0 amide bonds. The molecule has 0 aromatic heterocycles. The van der Waals surface area contributed by atoms with Crippen molar-refractivity contribution in [2.24, 2.45) is 28.1 Å². The standard InChI is InChI=1S/C29H39NO4/c1-25(2,3)26(4,33)20-14-28-10-9-27(20,16-31)24-29(28)11-12-30(15-17-5-6-17)21(28)13-18-7-8-19(32)23(34-24)22(18)29/h7-10,17,20-21,24,31-33H,5-6,11-16H2,1-4H3/t20-,21?,24?,26?,27-,28-,29?/m1/s1. The lowest BCUT2D eigenvalue weighted by Gasteiger charge is -2.73. The van der Waals surface area contributed by atoms with Crippen LogP contribution in [0.1, 0.15) is 64.5 Å². The van der Waals surface area contributed by atoms with Gasteiger partial charge in [0.25, 0.3) is 0 Å². The number of piperidine rings is 1. The SMILES string of the molecule is CC(C)(C)C(C)(O)[C@H]1C[C@@]23C=C[C@]1(CO)C1Oc4c(O)ccc5c4C12CCN(CC1CC1)C3C5. The molecule has 7 atom stereocenters. The van der Waals surface area contributed by atoms with Gasteiger partial charge in [-0.3, -0.25) is 4.90 Å². The number of likely N-dealkylation sites (tertiary alicyclic amines) is 1. The minimum Gasteiger partial charge on any atom is -0.504 e. The van der Waals surface area contributed by atoms with Crippen molar-refractivity contribution in [3.63, 3.8) is 0 Å². The Labute approximate surface area is 202 Å². The molecule has 5 heteroatoms.